The summed E-state index contributed by atoms with van der Waals surface area (Å²) < 4.78 is 0.278. The Morgan fingerprint density at radius 2 is 2.23 bits per heavy atom. The smallest absolute Gasteiger partial charge is 0.248 e. The van der Waals surface area contributed by atoms with Gasteiger partial charge in [0.1, 0.15) is 11.8 Å². The maximum atomic E-state index is 10.7. The van der Waals surface area contributed by atoms with E-state index in [2.05, 4.69) is 15.9 Å². The van der Waals surface area contributed by atoms with Crippen molar-refractivity contribution in [1.82, 2.24) is 0 Å². The van der Waals surface area contributed by atoms with Crippen molar-refractivity contribution in [3.63, 3.8) is 0 Å². The summed E-state index contributed by atoms with van der Waals surface area (Å²) in [7, 11) is 0. The molecule has 4 nitrogen and oxygen atoms in total. The van der Waals surface area contributed by atoms with Crippen LogP contribution in [0.3, 0.4) is 0 Å². The quantitative estimate of drug-likeness (QED) is 0.772. The van der Waals surface area contributed by atoms with Crippen LogP contribution in [0.1, 0.15) is 15.9 Å². The number of halogens is 1. The molecule has 0 bridgehead atoms. The van der Waals surface area contributed by atoms with Gasteiger partial charge in [-0.3, -0.25) is 4.79 Å². The summed E-state index contributed by atoms with van der Waals surface area (Å²) in [5.74, 6) is -0.829. The number of aromatic hydroxyl groups is 1. The third-order valence-electron chi connectivity index (χ3n) is 1.47. The van der Waals surface area contributed by atoms with Crippen LogP contribution in [0.15, 0.2) is 16.6 Å². The number of carbonyl (C=O) groups excluding carboxylic acids is 1. The van der Waals surface area contributed by atoms with Gasteiger partial charge in [-0.2, -0.15) is 5.26 Å². The van der Waals surface area contributed by atoms with Crippen molar-refractivity contribution in [3.05, 3.63) is 27.7 Å². The number of nitrogens with zero attached hydrogens (tertiary/aromatic N) is 1. The molecule has 1 aromatic carbocycles. The number of phenolic OH excluding ortho intramolecular Hbond substituents is 1. The summed E-state index contributed by atoms with van der Waals surface area (Å²) in [5, 5.41) is 17.8. The highest BCUT2D eigenvalue weighted by molar-refractivity contribution is 9.10. The van der Waals surface area contributed by atoms with Crippen molar-refractivity contribution in [2.75, 3.05) is 0 Å². The van der Waals surface area contributed by atoms with E-state index in [-0.39, 0.29) is 21.3 Å². The van der Waals surface area contributed by atoms with Crippen LogP contribution in [0.4, 0.5) is 0 Å². The van der Waals surface area contributed by atoms with Crippen LogP contribution in [0, 0.1) is 11.3 Å². The normalized spacial score (nSPS) is 9.23. The van der Waals surface area contributed by atoms with Gasteiger partial charge >= 0.3 is 0 Å². The molecule has 0 aliphatic carbocycles. The number of hydrogen-bond acceptors (Lipinski definition) is 3. The van der Waals surface area contributed by atoms with Gasteiger partial charge in [0.15, 0.2) is 0 Å². The van der Waals surface area contributed by atoms with Gasteiger partial charge in [-0.25, -0.2) is 0 Å². The first-order valence-corrected chi connectivity index (χ1v) is 4.08. The van der Waals surface area contributed by atoms with E-state index >= 15 is 0 Å². The molecular weight excluding hydrogens is 236 g/mol. The van der Waals surface area contributed by atoms with Crippen LogP contribution < -0.4 is 5.73 Å². The predicted octanol–water partition coefficient (Wildman–Crippen LogP) is 1.13. The molecular formula is C8H5BrN2O2. The number of nitrogens with two attached hydrogens (primary N) is 1. The Labute approximate surface area is 82.7 Å². The Balaban J connectivity index is 3.41. The first kappa shape index (κ1) is 9.55. The lowest BCUT2D eigenvalue weighted by molar-refractivity contribution is 0.1000. The second-order valence-electron chi connectivity index (χ2n) is 2.33. The molecule has 5 heteroatoms. The van der Waals surface area contributed by atoms with E-state index in [0.717, 1.165) is 0 Å². The molecule has 66 valence electrons. The molecule has 0 aliphatic rings. The fourth-order valence-electron chi connectivity index (χ4n) is 0.827. The van der Waals surface area contributed by atoms with Gasteiger partial charge in [0.2, 0.25) is 5.91 Å². The van der Waals surface area contributed by atoms with Crippen LogP contribution in [0.25, 0.3) is 0 Å². The van der Waals surface area contributed by atoms with E-state index in [1.807, 2.05) is 0 Å². The van der Waals surface area contributed by atoms with Crippen LogP contribution in [0.2, 0.25) is 0 Å². The average Bonchev–Trinajstić information content (AvgIpc) is 2.09. The lowest BCUT2D eigenvalue weighted by atomic mass is 10.1. The number of amides is 1. The third-order valence-corrected chi connectivity index (χ3v) is 2.07. The number of phenols is 1. The highest BCUT2D eigenvalue weighted by atomic mass is 79.9. The zero-order valence-corrected chi connectivity index (χ0v) is 8.00. The largest absolute Gasteiger partial charge is 0.505 e. The monoisotopic (exact) mass is 240 g/mol. The van der Waals surface area contributed by atoms with E-state index < -0.39 is 5.91 Å². The minimum absolute atomic E-state index is 0.0168. The number of carbonyl (C=O) groups is 1. The van der Waals surface area contributed by atoms with Crippen molar-refractivity contribution in [2.45, 2.75) is 0 Å². The molecule has 0 radical (unpaired) electrons. The second kappa shape index (κ2) is 3.46. The summed E-state index contributed by atoms with van der Waals surface area (Å²) in [6.45, 7) is 0. The third kappa shape index (κ3) is 1.79. The molecule has 13 heavy (non-hydrogen) atoms. The average molecular weight is 241 g/mol. The minimum atomic E-state index is -0.641. The number of rotatable bonds is 1. The number of benzene rings is 1. The molecule has 0 aromatic heterocycles. The lowest BCUT2D eigenvalue weighted by Crippen LogP contribution is -2.11. The van der Waals surface area contributed by atoms with Crippen molar-refractivity contribution >= 4 is 21.8 Å². The summed E-state index contributed by atoms with van der Waals surface area (Å²) in [6, 6.07) is 4.34. The number of hydrogen-bond donors (Lipinski definition) is 2. The maximum Gasteiger partial charge on any atom is 0.248 e. The molecule has 1 amide bonds. The first-order valence-electron chi connectivity index (χ1n) is 3.28. The van der Waals surface area contributed by atoms with Gasteiger partial charge in [0.05, 0.1) is 10.0 Å². The van der Waals surface area contributed by atoms with Gasteiger partial charge in [0, 0.05) is 5.56 Å². The minimum Gasteiger partial charge on any atom is -0.505 e. The molecule has 0 fully saturated rings. The second-order valence-corrected chi connectivity index (χ2v) is 3.18. The van der Waals surface area contributed by atoms with E-state index in [1.54, 1.807) is 6.07 Å². The van der Waals surface area contributed by atoms with E-state index in [9.17, 15) is 9.90 Å². The molecule has 1 aromatic rings. The van der Waals surface area contributed by atoms with Crippen LogP contribution in [0.5, 0.6) is 5.75 Å². The zero-order valence-electron chi connectivity index (χ0n) is 6.41. The predicted molar refractivity (Wildman–Crippen MR) is 49.0 cm³/mol. The van der Waals surface area contributed by atoms with E-state index in [0.29, 0.717) is 0 Å². The Kier molecular flexibility index (Phi) is 2.54. The molecule has 3 N–H and O–H groups in total. The molecule has 1 rings (SSSR count). The van der Waals surface area contributed by atoms with E-state index in [4.69, 9.17) is 11.0 Å². The number of nitriles is 1. The fraction of sp³-hybridized carbons (Fsp3) is 0. The Morgan fingerprint density at radius 3 is 2.69 bits per heavy atom. The molecule has 0 aliphatic heterocycles. The van der Waals surface area contributed by atoms with Crippen molar-refractivity contribution in [2.24, 2.45) is 5.73 Å². The Bertz CT molecular complexity index is 409. The lowest BCUT2D eigenvalue weighted by Gasteiger charge is -2.01. The molecule has 0 spiro atoms. The van der Waals surface area contributed by atoms with Gasteiger partial charge in [-0.15, -0.1) is 0 Å². The topological polar surface area (TPSA) is 87.1 Å². The Hall–Kier alpha value is -1.54. The van der Waals surface area contributed by atoms with Crippen molar-refractivity contribution in [3.8, 4) is 11.8 Å². The molecule has 0 saturated heterocycles. The van der Waals surface area contributed by atoms with Gasteiger partial charge in [-0.05, 0) is 28.1 Å². The first-order chi connectivity index (χ1) is 6.06. The zero-order chi connectivity index (χ0) is 10.0. The molecule has 0 heterocycles. The maximum absolute atomic E-state index is 10.7. The van der Waals surface area contributed by atoms with Gasteiger partial charge < -0.3 is 10.8 Å². The SMILES string of the molecule is N#Cc1cc(C(N)=O)cc(Br)c1O. The fourth-order valence-corrected chi connectivity index (χ4v) is 1.29. The van der Waals surface area contributed by atoms with Gasteiger partial charge in [-0.1, -0.05) is 0 Å². The summed E-state index contributed by atoms with van der Waals surface area (Å²) in [4.78, 5) is 10.7. The van der Waals surface area contributed by atoms with Gasteiger partial charge in [0.25, 0.3) is 0 Å². The Morgan fingerprint density at radius 1 is 1.62 bits per heavy atom. The van der Waals surface area contributed by atoms with Crippen LogP contribution in [-0.2, 0) is 0 Å². The highest BCUT2D eigenvalue weighted by Gasteiger charge is 2.10. The number of primary amides is 1. The summed E-state index contributed by atoms with van der Waals surface area (Å²) in [5.41, 5.74) is 5.20. The highest BCUT2D eigenvalue weighted by Crippen LogP contribution is 2.28. The summed E-state index contributed by atoms with van der Waals surface area (Å²) >= 11 is 3.00. The van der Waals surface area contributed by atoms with Crippen LogP contribution in [-0.4, -0.2) is 11.0 Å². The molecule has 0 unspecified atom stereocenters. The standard InChI is InChI=1S/C8H5BrN2O2/c9-6-2-4(8(11)13)1-5(3-10)7(6)12/h1-2,12H,(H2,11,13). The van der Waals surface area contributed by atoms with Crippen molar-refractivity contribution < 1.29 is 9.90 Å². The van der Waals surface area contributed by atoms with E-state index in [1.165, 1.54) is 12.1 Å². The molecule has 0 atom stereocenters. The van der Waals surface area contributed by atoms with Crippen LogP contribution >= 0.6 is 15.9 Å². The molecule has 0 saturated carbocycles. The van der Waals surface area contributed by atoms with Crippen molar-refractivity contribution in [1.29, 1.82) is 5.26 Å². The summed E-state index contributed by atoms with van der Waals surface area (Å²) in [6.07, 6.45) is 0.